The highest BCUT2D eigenvalue weighted by atomic mass is 35.5. The van der Waals surface area contributed by atoms with Gasteiger partial charge in [0.2, 0.25) is 0 Å². The maximum absolute atomic E-state index is 13.3. The fourth-order valence-corrected chi connectivity index (χ4v) is 1.87. The van der Waals surface area contributed by atoms with Crippen LogP contribution in [0.1, 0.15) is 21.9 Å². The minimum Gasteiger partial charge on any atom is -0.477 e. The van der Waals surface area contributed by atoms with Gasteiger partial charge in [0, 0.05) is 0 Å². The molecular formula is C12H10ClFN2O2. The molecule has 2 rings (SSSR count). The van der Waals surface area contributed by atoms with Crippen molar-refractivity contribution in [3.05, 3.63) is 52.3 Å². The molecule has 1 aromatic heterocycles. The number of benzene rings is 1. The predicted molar refractivity (Wildman–Crippen MR) is 64.4 cm³/mol. The van der Waals surface area contributed by atoms with Crippen LogP contribution >= 0.6 is 11.6 Å². The molecular weight excluding hydrogens is 259 g/mol. The molecule has 2 aromatic rings. The van der Waals surface area contributed by atoms with E-state index in [1.807, 2.05) is 0 Å². The number of hydrogen-bond donors (Lipinski definition) is 1. The molecule has 0 saturated heterocycles. The molecule has 1 N–H and O–H groups in total. The summed E-state index contributed by atoms with van der Waals surface area (Å²) < 4.78 is 14.8. The molecule has 0 radical (unpaired) electrons. The van der Waals surface area contributed by atoms with Gasteiger partial charge >= 0.3 is 5.97 Å². The van der Waals surface area contributed by atoms with E-state index in [1.54, 1.807) is 13.0 Å². The number of carbonyl (C=O) groups is 1. The second-order valence-electron chi connectivity index (χ2n) is 3.79. The average molecular weight is 269 g/mol. The Labute approximate surface area is 108 Å². The fourth-order valence-electron chi connectivity index (χ4n) is 1.68. The van der Waals surface area contributed by atoms with Crippen LogP contribution in [0.4, 0.5) is 4.39 Å². The standard InChI is InChI=1S/C12H10ClFN2O2/c1-7-15-5-10(12(17)18)16(7)6-8-3-2-4-9(14)11(8)13/h2-5H,6H2,1H3,(H,17,18). The van der Waals surface area contributed by atoms with E-state index in [2.05, 4.69) is 4.98 Å². The summed E-state index contributed by atoms with van der Waals surface area (Å²) in [5.41, 5.74) is 0.563. The topological polar surface area (TPSA) is 55.1 Å². The molecule has 6 heteroatoms. The molecule has 0 unspecified atom stereocenters. The van der Waals surface area contributed by atoms with Gasteiger partial charge in [-0.15, -0.1) is 0 Å². The molecule has 0 bridgehead atoms. The zero-order valence-electron chi connectivity index (χ0n) is 9.52. The monoisotopic (exact) mass is 268 g/mol. The van der Waals surface area contributed by atoms with Crippen molar-refractivity contribution in [1.29, 1.82) is 0 Å². The van der Waals surface area contributed by atoms with Crippen molar-refractivity contribution in [2.24, 2.45) is 0 Å². The number of halogens is 2. The van der Waals surface area contributed by atoms with Crippen LogP contribution in [0.25, 0.3) is 0 Å². The van der Waals surface area contributed by atoms with E-state index in [-0.39, 0.29) is 17.3 Å². The van der Waals surface area contributed by atoms with Crippen LogP contribution in [0.3, 0.4) is 0 Å². The Hall–Kier alpha value is -1.88. The number of nitrogens with zero attached hydrogens (tertiary/aromatic N) is 2. The van der Waals surface area contributed by atoms with Crippen molar-refractivity contribution in [3.8, 4) is 0 Å². The number of hydrogen-bond acceptors (Lipinski definition) is 2. The molecule has 1 aromatic carbocycles. The van der Waals surface area contributed by atoms with Crippen molar-refractivity contribution in [3.63, 3.8) is 0 Å². The van der Waals surface area contributed by atoms with Gasteiger partial charge < -0.3 is 9.67 Å². The van der Waals surface area contributed by atoms with Gasteiger partial charge in [-0.2, -0.15) is 0 Å². The lowest BCUT2D eigenvalue weighted by Gasteiger charge is -2.09. The third-order valence-electron chi connectivity index (χ3n) is 2.63. The van der Waals surface area contributed by atoms with E-state index in [1.165, 1.54) is 22.9 Å². The zero-order chi connectivity index (χ0) is 13.3. The first-order valence-corrected chi connectivity index (χ1v) is 5.57. The summed E-state index contributed by atoms with van der Waals surface area (Å²) in [6.07, 6.45) is 1.27. The second-order valence-corrected chi connectivity index (χ2v) is 4.17. The summed E-state index contributed by atoms with van der Waals surface area (Å²) >= 11 is 5.84. The second kappa shape index (κ2) is 4.78. The van der Waals surface area contributed by atoms with Crippen LogP contribution in [0.5, 0.6) is 0 Å². The summed E-state index contributed by atoms with van der Waals surface area (Å²) in [6.45, 7) is 1.85. The normalized spacial score (nSPS) is 10.6. The zero-order valence-corrected chi connectivity index (χ0v) is 10.3. The van der Waals surface area contributed by atoms with E-state index in [0.717, 1.165) is 0 Å². The van der Waals surface area contributed by atoms with Crippen LogP contribution in [0, 0.1) is 12.7 Å². The van der Waals surface area contributed by atoms with E-state index in [4.69, 9.17) is 16.7 Å². The molecule has 4 nitrogen and oxygen atoms in total. The summed E-state index contributed by atoms with van der Waals surface area (Å²) in [7, 11) is 0. The van der Waals surface area contributed by atoms with Gasteiger partial charge in [-0.25, -0.2) is 14.2 Å². The Bertz CT molecular complexity index is 610. The van der Waals surface area contributed by atoms with Crippen LogP contribution in [-0.2, 0) is 6.54 Å². The van der Waals surface area contributed by atoms with Gasteiger partial charge in [0.25, 0.3) is 0 Å². The van der Waals surface area contributed by atoms with E-state index >= 15 is 0 Å². The smallest absolute Gasteiger partial charge is 0.354 e. The first-order chi connectivity index (χ1) is 8.50. The maximum Gasteiger partial charge on any atom is 0.354 e. The van der Waals surface area contributed by atoms with Crippen molar-refractivity contribution in [2.45, 2.75) is 13.5 Å². The maximum atomic E-state index is 13.3. The first kappa shape index (κ1) is 12.6. The highest BCUT2D eigenvalue weighted by Gasteiger charge is 2.15. The molecule has 0 aliphatic heterocycles. The number of carboxylic acids is 1. The largest absolute Gasteiger partial charge is 0.477 e. The van der Waals surface area contributed by atoms with Crippen LogP contribution in [0.2, 0.25) is 5.02 Å². The number of aryl methyl sites for hydroxylation is 1. The number of rotatable bonds is 3. The van der Waals surface area contributed by atoms with Crippen molar-refractivity contribution in [2.75, 3.05) is 0 Å². The number of imidazole rings is 1. The number of aromatic nitrogens is 2. The number of carboxylic acid groups (broad SMARTS) is 1. The summed E-state index contributed by atoms with van der Waals surface area (Å²) in [5.74, 6) is -1.07. The highest BCUT2D eigenvalue weighted by Crippen LogP contribution is 2.21. The Morgan fingerprint density at radius 3 is 2.94 bits per heavy atom. The molecule has 94 valence electrons. The van der Waals surface area contributed by atoms with Gasteiger partial charge in [0.1, 0.15) is 17.3 Å². The van der Waals surface area contributed by atoms with Gasteiger partial charge in [-0.3, -0.25) is 0 Å². The molecule has 0 fully saturated rings. The van der Waals surface area contributed by atoms with Gasteiger partial charge in [-0.1, -0.05) is 23.7 Å². The van der Waals surface area contributed by atoms with Crippen molar-refractivity contribution >= 4 is 17.6 Å². The molecule has 0 spiro atoms. The SMILES string of the molecule is Cc1ncc(C(=O)O)n1Cc1cccc(F)c1Cl. The lowest BCUT2D eigenvalue weighted by atomic mass is 10.2. The number of aromatic carboxylic acids is 1. The molecule has 0 aliphatic rings. The molecule has 0 saturated carbocycles. The third kappa shape index (κ3) is 2.22. The third-order valence-corrected chi connectivity index (χ3v) is 3.06. The van der Waals surface area contributed by atoms with E-state index in [9.17, 15) is 9.18 Å². The minimum atomic E-state index is -1.08. The highest BCUT2D eigenvalue weighted by molar-refractivity contribution is 6.31. The molecule has 0 atom stereocenters. The summed E-state index contributed by atoms with van der Waals surface area (Å²) in [4.78, 5) is 14.9. The molecule has 1 heterocycles. The van der Waals surface area contributed by atoms with Crippen LogP contribution < -0.4 is 0 Å². The Kier molecular flexibility index (Phi) is 3.34. The summed E-state index contributed by atoms with van der Waals surface area (Å²) in [6, 6.07) is 4.43. The first-order valence-electron chi connectivity index (χ1n) is 5.19. The minimum absolute atomic E-state index is 0.00180. The van der Waals surface area contributed by atoms with Gasteiger partial charge in [-0.05, 0) is 18.6 Å². The Balaban J connectivity index is 2.43. The van der Waals surface area contributed by atoms with E-state index < -0.39 is 11.8 Å². The van der Waals surface area contributed by atoms with Crippen LogP contribution in [-0.4, -0.2) is 20.6 Å². The van der Waals surface area contributed by atoms with Crippen molar-refractivity contribution < 1.29 is 14.3 Å². The predicted octanol–water partition coefficient (Wildman–Crippen LogP) is 2.73. The summed E-state index contributed by atoms with van der Waals surface area (Å²) in [5, 5.41) is 9.01. The molecule has 0 aliphatic carbocycles. The van der Waals surface area contributed by atoms with Gasteiger partial charge in [0.05, 0.1) is 17.8 Å². The van der Waals surface area contributed by atoms with E-state index in [0.29, 0.717) is 11.4 Å². The molecule has 0 amide bonds. The van der Waals surface area contributed by atoms with Gasteiger partial charge in [0.15, 0.2) is 0 Å². The van der Waals surface area contributed by atoms with Crippen LogP contribution in [0.15, 0.2) is 24.4 Å². The fraction of sp³-hybridized carbons (Fsp3) is 0.167. The lowest BCUT2D eigenvalue weighted by molar-refractivity contribution is 0.0685. The lowest BCUT2D eigenvalue weighted by Crippen LogP contribution is -2.11. The Morgan fingerprint density at radius 2 is 2.28 bits per heavy atom. The Morgan fingerprint density at radius 1 is 1.56 bits per heavy atom. The van der Waals surface area contributed by atoms with Crippen molar-refractivity contribution in [1.82, 2.24) is 9.55 Å². The quantitative estimate of drug-likeness (QED) is 0.931. The average Bonchev–Trinajstić information content (AvgIpc) is 2.67. The molecule has 18 heavy (non-hydrogen) atoms.